The Hall–Kier alpha value is -2.54. The number of carbonyl (C=O) groups is 3. The molecule has 0 aromatic carbocycles. The maximum absolute atomic E-state index is 12.6. The summed E-state index contributed by atoms with van der Waals surface area (Å²) >= 11 is 4.92. The molecule has 0 bridgehead atoms. The maximum Gasteiger partial charge on any atom is 0.276 e. The van der Waals surface area contributed by atoms with Gasteiger partial charge >= 0.3 is 0 Å². The Bertz CT molecular complexity index is 718. The predicted molar refractivity (Wildman–Crippen MR) is 82.8 cm³/mol. The van der Waals surface area contributed by atoms with Crippen LogP contribution in [0, 0.1) is 11.8 Å². The van der Waals surface area contributed by atoms with Crippen LogP contribution in [0.25, 0.3) is 0 Å². The molecule has 7 heteroatoms. The Morgan fingerprint density at radius 1 is 1.27 bits per heavy atom. The number of nitrogens with one attached hydrogen (secondary N) is 2. The Morgan fingerprint density at radius 2 is 2.05 bits per heavy atom. The summed E-state index contributed by atoms with van der Waals surface area (Å²) in [5.74, 6) is -1.93. The molecule has 3 aliphatic rings. The predicted octanol–water partition coefficient (Wildman–Crippen LogP) is 0.506. The Balaban J connectivity index is 1.91. The standard InChI is InChI=1S/C15H13N3O3S/c1-8(19)16-15(22)17-18-13(20)10-6-2-4-9-5-3-7-11(12(9)10)14(18)21/h2-7,10,12H,1H3,(H2,16,17,19,22)/t10-,12-/m1/s1. The minimum absolute atomic E-state index is 0.0878. The molecular weight excluding hydrogens is 302 g/mol. The van der Waals surface area contributed by atoms with Gasteiger partial charge in [-0.15, -0.1) is 0 Å². The van der Waals surface area contributed by atoms with Gasteiger partial charge in [-0.2, -0.15) is 5.01 Å². The number of hydrogen-bond acceptors (Lipinski definition) is 4. The van der Waals surface area contributed by atoms with Gasteiger partial charge in [0, 0.05) is 18.4 Å². The van der Waals surface area contributed by atoms with E-state index in [2.05, 4.69) is 10.7 Å². The highest BCUT2D eigenvalue weighted by Crippen LogP contribution is 2.40. The van der Waals surface area contributed by atoms with E-state index in [1.54, 1.807) is 18.2 Å². The van der Waals surface area contributed by atoms with Crippen molar-refractivity contribution in [2.75, 3.05) is 0 Å². The van der Waals surface area contributed by atoms with Crippen LogP contribution in [0.2, 0.25) is 0 Å². The van der Waals surface area contributed by atoms with Crippen molar-refractivity contribution in [2.24, 2.45) is 11.8 Å². The van der Waals surface area contributed by atoms with E-state index in [9.17, 15) is 14.4 Å². The van der Waals surface area contributed by atoms with Crippen LogP contribution in [-0.2, 0) is 14.4 Å². The molecule has 0 aromatic heterocycles. The van der Waals surface area contributed by atoms with Crippen molar-refractivity contribution in [3.63, 3.8) is 0 Å². The third-order valence-electron chi connectivity index (χ3n) is 3.68. The second kappa shape index (κ2) is 5.34. The van der Waals surface area contributed by atoms with E-state index in [0.717, 1.165) is 10.6 Å². The molecule has 0 saturated carbocycles. The number of hydrazine groups is 1. The van der Waals surface area contributed by atoms with E-state index >= 15 is 0 Å². The quantitative estimate of drug-likeness (QED) is 0.544. The Labute approximate surface area is 132 Å². The van der Waals surface area contributed by atoms with Crippen molar-refractivity contribution in [3.05, 3.63) is 47.6 Å². The van der Waals surface area contributed by atoms with Gasteiger partial charge in [-0.1, -0.05) is 36.5 Å². The summed E-state index contributed by atoms with van der Waals surface area (Å²) in [6.07, 6.45) is 10.9. The largest absolute Gasteiger partial charge is 0.302 e. The average molecular weight is 315 g/mol. The fourth-order valence-corrected chi connectivity index (χ4v) is 3.04. The van der Waals surface area contributed by atoms with Crippen LogP contribution in [0.1, 0.15) is 6.92 Å². The number of thiocarbonyl (C=S) groups is 1. The molecule has 0 radical (unpaired) electrons. The molecule has 1 aliphatic heterocycles. The first kappa shape index (κ1) is 14.4. The van der Waals surface area contributed by atoms with Gasteiger partial charge in [-0.05, 0) is 17.8 Å². The zero-order valence-corrected chi connectivity index (χ0v) is 12.5. The van der Waals surface area contributed by atoms with Crippen LogP contribution in [0.5, 0.6) is 0 Å². The van der Waals surface area contributed by atoms with Crippen LogP contribution >= 0.6 is 12.2 Å². The van der Waals surface area contributed by atoms with E-state index < -0.39 is 17.7 Å². The molecule has 2 atom stereocenters. The number of rotatable bonds is 1. The fourth-order valence-electron chi connectivity index (χ4n) is 2.81. The lowest BCUT2D eigenvalue weighted by atomic mass is 9.72. The van der Waals surface area contributed by atoms with Crippen LogP contribution < -0.4 is 10.7 Å². The smallest absolute Gasteiger partial charge is 0.276 e. The molecule has 22 heavy (non-hydrogen) atoms. The number of carbonyl (C=O) groups excluding carboxylic acids is 3. The van der Waals surface area contributed by atoms with Gasteiger partial charge in [0.2, 0.25) is 5.91 Å². The maximum atomic E-state index is 12.6. The van der Waals surface area contributed by atoms with E-state index in [1.165, 1.54) is 6.92 Å². The number of imide groups is 1. The molecule has 6 nitrogen and oxygen atoms in total. The molecule has 0 unspecified atom stereocenters. The summed E-state index contributed by atoms with van der Waals surface area (Å²) in [6.45, 7) is 1.29. The summed E-state index contributed by atoms with van der Waals surface area (Å²) in [5.41, 5.74) is 3.97. The second-order valence-electron chi connectivity index (χ2n) is 5.14. The highest BCUT2D eigenvalue weighted by atomic mass is 32.1. The van der Waals surface area contributed by atoms with Crippen LogP contribution in [0.15, 0.2) is 47.6 Å². The van der Waals surface area contributed by atoms with Crippen molar-refractivity contribution < 1.29 is 14.4 Å². The summed E-state index contributed by atoms with van der Waals surface area (Å²) in [5, 5.41) is 3.12. The molecular formula is C15H13N3O3S. The lowest BCUT2D eigenvalue weighted by molar-refractivity contribution is -0.150. The van der Waals surface area contributed by atoms with Crippen molar-refractivity contribution in [1.29, 1.82) is 0 Å². The van der Waals surface area contributed by atoms with Gasteiger partial charge in [0.25, 0.3) is 11.8 Å². The number of allylic oxidation sites excluding steroid dienone is 6. The van der Waals surface area contributed by atoms with Gasteiger partial charge in [-0.25, -0.2) is 0 Å². The zero-order valence-electron chi connectivity index (χ0n) is 11.7. The second-order valence-corrected chi connectivity index (χ2v) is 5.55. The molecule has 1 fully saturated rings. The molecule has 0 aromatic rings. The van der Waals surface area contributed by atoms with Gasteiger partial charge in [0.05, 0.1) is 5.92 Å². The van der Waals surface area contributed by atoms with Crippen molar-refractivity contribution in [3.8, 4) is 0 Å². The Kier molecular flexibility index (Phi) is 3.50. The van der Waals surface area contributed by atoms with E-state index in [1.807, 2.05) is 18.2 Å². The summed E-state index contributed by atoms with van der Waals surface area (Å²) in [4.78, 5) is 36.1. The summed E-state index contributed by atoms with van der Waals surface area (Å²) in [7, 11) is 0. The van der Waals surface area contributed by atoms with Gasteiger partial charge in [0.1, 0.15) is 0 Å². The van der Waals surface area contributed by atoms with Crippen molar-refractivity contribution in [2.45, 2.75) is 6.92 Å². The van der Waals surface area contributed by atoms with Crippen LogP contribution in [-0.4, -0.2) is 27.8 Å². The van der Waals surface area contributed by atoms with E-state index in [0.29, 0.717) is 5.57 Å². The number of amides is 3. The number of nitrogens with zero attached hydrogens (tertiary/aromatic N) is 1. The highest BCUT2D eigenvalue weighted by molar-refractivity contribution is 7.80. The highest BCUT2D eigenvalue weighted by Gasteiger charge is 2.46. The molecule has 112 valence electrons. The van der Waals surface area contributed by atoms with Gasteiger partial charge in [0.15, 0.2) is 5.11 Å². The molecule has 2 aliphatic carbocycles. The summed E-state index contributed by atoms with van der Waals surface area (Å²) < 4.78 is 0. The molecule has 2 N–H and O–H groups in total. The Morgan fingerprint density at radius 3 is 2.77 bits per heavy atom. The molecule has 3 rings (SSSR count). The molecule has 0 spiro atoms. The lowest BCUT2D eigenvalue weighted by Crippen LogP contribution is -2.60. The number of hydrogen-bond donors (Lipinski definition) is 2. The first-order valence-electron chi connectivity index (χ1n) is 6.72. The first-order chi connectivity index (χ1) is 10.5. The molecule has 1 saturated heterocycles. The number of piperidine rings is 1. The normalized spacial score (nSPS) is 25.2. The lowest BCUT2D eigenvalue weighted by Gasteiger charge is -2.39. The molecule has 1 heterocycles. The van der Waals surface area contributed by atoms with E-state index in [-0.39, 0.29) is 16.9 Å². The third-order valence-corrected chi connectivity index (χ3v) is 3.88. The summed E-state index contributed by atoms with van der Waals surface area (Å²) in [6, 6.07) is 0. The van der Waals surface area contributed by atoms with E-state index in [4.69, 9.17) is 12.2 Å². The third kappa shape index (κ3) is 2.29. The first-order valence-corrected chi connectivity index (χ1v) is 7.13. The van der Waals surface area contributed by atoms with Gasteiger partial charge < -0.3 is 5.32 Å². The van der Waals surface area contributed by atoms with Crippen LogP contribution in [0.4, 0.5) is 0 Å². The zero-order chi connectivity index (χ0) is 15.9. The van der Waals surface area contributed by atoms with Crippen molar-refractivity contribution in [1.82, 2.24) is 15.8 Å². The minimum Gasteiger partial charge on any atom is -0.302 e. The topological polar surface area (TPSA) is 78.5 Å². The molecule has 3 amide bonds. The van der Waals surface area contributed by atoms with Crippen molar-refractivity contribution >= 4 is 35.1 Å². The van der Waals surface area contributed by atoms with Crippen LogP contribution in [0.3, 0.4) is 0 Å². The minimum atomic E-state index is -0.457. The van der Waals surface area contributed by atoms with Gasteiger partial charge in [-0.3, -0.25) is 19.8 Å². The monoisotopic (exact) mass is 315 g/mol. The SMILES string of the molecule is CC(=O)NC(=S)NN1C(=O)C2=CC=CC3=CC=C[C@@H](C1=O)[C@@H]32. The fraction of sp³-hybridized carbons (Fsp3) is 0.200. The average Bonchev–Trinajstić information content (AvgIpc) is 2.48.